The number of esters is 1. The van der Waals surface area contributed by atoms with Gasteiger partial charge in [-0.3, -0.25) is 0 Å². The Morgan fingerprint density at radius 1 is 1.10 bits per heavy atom. The molecule has 5 N–H and O–H groups in total. The molecule has 0 saturated carbocycles. The predicted molar refractivity (Wildman–Crippen MR) is 190 cm³/mol. The molecule has 2 aliphatic heterocycles. The minimum absolute atomic E-state index is 0.0906. The van der Waals surface area contributed by atoms with Crippen molar-refractivity contribution in [3.8, 4) is 0 Å². The summed E-state index contributed by atoms with van der Waals surface area (Å²) in [7, 11) is 2.84. The number of cyclic esters (lactones) is 1. The van der Waals surface area contributed by atoms with Crippen molar-refractivity contribution in [2.75, 3.05) is 14.2 Å². The zero-order chi connectivity index (χ0) is 37.2. The summed E-state index contributed by atoms with van der Waals surface area (Å²) >= 11 is 0. The molecule has 14 atom stereocenters. The molecule has 0 aromatic heterocycles. The summed E-state index contributed by atoms with van der Waals surface area (Å²) in [6.07, 6.45) is 7.35. The van der Waals surface area contributed by atoms with Crippen LogP contribution in [0.15, 0.2) is 59.4 Å². The number of carbonyl (C=O) groups excluding carboxylic acids is 1. The molecule has 0 radical (unpaired) electrons. The second kappa shape index (κ2) is 19.3. The Morgan fingerprint density at radius 2 is 1.76 bits per heavy atom. The molecule has 0 aromatic rings. The number of rotatable bonds is 8. The summed E-state index contributed by atoms with van der Waals surface area (Å²) in [4.78, 5) is 13.7. The first-order chi connectivity index (χ1) is 23.0. The Hall–Kier alpha value is -2.31. The molecule has 49 heavy (non-hydrogen) atoms. The van der Waals surface area contributed by atoms with Crippen LogP contribution in [-0.4, -0.2) is 94.2 Å². The molecule has 2 aliphatic rings. The zero-order valence-corrected chi connectivity index (χ0v) is 31.4. The highest BCUT2D eigenvalue weighted by atomic mass is 16.6. The van der Waals surface area contributed by atoms with Gasteiger partial charge in [-0.25, -0.2) is 4.79 Å². The van der Waals surface area contributed by atoms with Gasteiger partial charge in [0, 0.05) is 43.1 Å². The Bertz CT molecular complexity index is 1210. The predicted octanol–water partition coefficient (Wildman–Crippen LogP) is 5.00. The van der Waals surface area contributed by atoms with Crippen LogP contribution < -0.4 is 0 Å². The minimum atomic E-state index is -1.86. The van der Waals surface area contributed by atoms with Crippen LogP contribution in [0.25, 0.3) is 0 Å². The molecular weight excluding hydrogens is 628 g/mol. The maximum absolute atomic E-state index is 13.7. The van der Waals surface area contributed by atoms with Crippen LogP contribution >= 0.6 is 0 Å². The van der Waals surface area contributed by atoms with Crippen molar-refractivity contribution in [1.29, 1.82) is 0 Å². The van der Waals surface area contributed by atoms with Crippen molar-refractivity contribution >= 4 is 5.97 Å². The van der Waals surface area contributed by atoms with Gasteiger partial charge in [-0.2, -0.15) is 0 Å². The lowest BCUT2D eigenvalue weighted by molar-refractivity contribution is -0.313. The van der Waals surface area contributed by atoms with Crippen LogP contribution in [0, 0.1) is 35.5 Å². The normalized spacial score (nSPS) is 41.8. The topological polar surface area (TPSA) is 155 Å². The molecule has 0 amide bonds. The number of aliphatic hydroxyl groups is 5. The number of hydrogen-bond acceptors (Lipinski definition) is 10. The Balaban J connectivity index is 2.59. The van der Waals surface area contributed by atoms with Crippen LogP contribution in [-0.2, 0) is 23.7 Å². The van der Waals surface area contributed by atoms with Gasteiger partial charge < -0.3 is 44.5 Å². The molecule has 1 saturated heterocycles. The van der Waals surface area contributed by atoms with Crippen molar-refractivity contribution in [2.45, 2.75) is 130 Å². The fourth-order valence-electron chi connectivity index (χ4n) is 7.18. The number of methoxy groups -OCH3 is 2. The van der Waals surface area contributed by atoms with Gasteiger partial charge >= 0.3 is 5.97 Å². The van der Waals surface area contributed by atoms with Gasteiger partial charge in [0.15, 0.2) is 5.79 Å². The molecule has 0 aromatic carbocycles. The van der Waals surface area contributed by atoms with E-state index in [1.54, 1.807) is 45.1 Å². The maximum atomic E-state index is 13.7. The van der Waals surface area contributed by atoms with E-state index in [2.05, 4.69) is 0 Å². The third-order valence-electron chi connectivity index (χ3n) is 10.6. The van der Waals surface area contributed by atoms with Crippen molar-refractivity contribution in [3.05, 3.63) is 59.4 Å². The van der Waals surface area contributed by atoms with E-state index < -0.39 is 66.3 Å². The highest BCUT2D eigenvalue weighted by molar-refractivity contribution is 5.87. The van der Waals surface area contributed by atoms with E-state index in [4.69, 9.17) is 18.9 Å². The largest absolute Gasteiger partial charge is 0.490 e. The average Bonchev–Trinajstić information content (AvgIpc) is 3.05. The van der Waals surface area contributed by atoms with E-state index in [-0.39, 0.29) is 35.9 Å². The third-order valence-corrected chi connectivity index (χ3v) is 10.6. The van der Waals surface area contributed by atoms with Gasteiger partial charge in [0.05, 0.1) is 37.6 Å². The van der Waals surface area contributed by atoms with E-state index in [0.29, 0.717) is 18.4 Å². The molecule has 2 heterocycles. The molecule has 0 spiro atoms. The monoisotopic (exact) mass is 692 g/mol. The highest BCUT2D eigenvalue weighted by Crippen LogP contribution is 2.40. The SMILES string of the molecule is C/C=C/[C@H]1O[C@@](O)([C@@H](C)[C@H](O)[C@H](C)[C@H]2OC(=O)/C(OC)=C/C(C)=C/[C@@H](C)[C@@H](O)[C@@H](CC)[C@@H](O)[C@H](C)C/C(C)=C/C=C/[C@@H]2OC)C[C@H](O)[C@@H]1C. The van der Waals surface area contributed by atoms with Gasteiger partial charge in [0.1, 0.15) is 12.2 Å². The van der Waals surface area contributed by atoms with Gasteiger partial charge in [0.25, 0.3) is 0 Å². The van der Waals surface area contributed by atoms with Crippen molar-refractivity contribution in [1.82, 2.24) is 0 Å². The summed E-state index contributed by atoms with van der Waals surface area (Å²) in [5, 5.41) is 56.7. The van der Waals surface area contributed by atoms with Crippen molar-refractivity contribution < 1.29 is 49.3 Å². The van der Waals surface area contributed by atoms with Crippen LogP contribution in [0.3, 0.4) is 0 Å². The van der Waals surface area contributed by atoms with E-state index in [9.17, 15) is 30.3 Å². The standard InChI is InChI=1S/C39H64O10/c1-12-15-31-26(7)30(40)21-39(45,49-31)28(9)36(43)27(8)37-32(46-10)17-14-16-22(3)18-24(5)34(41)29(13-2)35(42)25(6)19-23(4)20-33(47-11)38(44)48-37/h12,14-17,19-20,24-32,34-37,40-43,45H,13,18,21H2,1-11H3/b15-12+,17-14+,22-16+,23-19+,33-20-/t24-,25-,26+,27+,28+,29+,30+,31-,32+,34+,35-,36-,37-,39-/m1/s1. The second-order valence-corrected chi connectivity index (χ2v) is 14.4. The number of aliphatic hydroxyl groups excluding tert-OH is 4. The zero-order valence-electron chi connectivity index (χ0n) is 31.4. The Labute approximate surface area is 294 Å². The number of allylic oxidation sites excluding steroid dienone is 6. The number of carbonyl (C=O) groups is 1. The number of ether oxygens (including phenoxy) is 4. The molecular formula is C39H64O10. The van der Waals surface area contributed by atoms with E-state index >= 15 is 0 Å². The lowest BCUT2D eigenvalue weighted by atomic mass is 9.77. The first-order valence-corrected chi connectivity index (χ1v) is 17.7. The maximum Gasteiger partial charge on any atom is 0.373 e. The van der Waals surface area contributed by atoms with Gasteiger partial charge in [0.2, 0.25) is 5.76 Å². The van der Waals surface area contributed by atoms with Crippen LogP contribution in [0.4, 0.5) is 0 Å². The van der Waals surface area contributed by atoms with Crippen molar-refractivity contribution in [3.63, 3.8) is 0 Å². The third kappa shape index (κ3) is 11.1. The molecule has 2 rings (SSSR count). The molecule has 10 nitrogen and oxygen atoms in total. The highest BCUT2D eigenvalue weighted by Gasteiger charge is 2.50. The first-order valence-electron chi connectivity index (χ1n) is 17.7. The second-order valence-electron chi connectivity index (χ2n) is 14.4. The lowest BCUT2D eigenvalue weighted by Crippen LogP contribution is -2.58. The smallest absolute Gasteiger partial charge is 0.373 e. The van der Waals surface area contributed by atoms with Crippen LogP contribution in [0.5, 0.6) is 0 Å². The summed E-state index contributed by atoms with van der Waals surface area (Å²) in [5.41, 5.74) is 1.64. The minimum Gasteiger partial charge on any atom is -0.490 e. The molecule has 10 heteroatoms. The molecule has 0 aliphatic carbocycles. The molecule has 280 valence electrons. The van der Waals surface area contributed by atoms with Gasteiger partial charge in [-0.15, -0.1) is 0 Å². The summed E-state index contributed by atoms with van der Waals surface area (Å²) in [5.74, 6) is -5.49. The van der Waals surface area contributed by atoms with Gasteiger partial charge in [-0.05, 0) is 45.6 Å². The summed E-state index contributed by atoms with van der Waals surface area (Å²) < 4.78 is 23.4. The first kappa shape index (κ1) is 42.9. The van der Waals surface area contributed by atoms with E-state index in [1.807, 2.05) is 53.7 Å². The average molecular weight is 693 g/mol. The molecule has 0 unspecified atom stereocenters. The quantitative estimate of drug-likeness (QED) is 0.173. The fraction of sp³-hybridized carbons (Fsp3) is 0.718. The van der Waals surface area contributed by atoms with Gasteiger partial charge in [-0.1, -0.05) is 89.1 Å². The van der Waals surface area contributed by atoms with Crippen LogP contribution in [0.1, 0.15) is 81.6 Å². The molecule has 0 bridgehead atoms. The Morgan fingerprint density at radius 3 is 2.33 bits per heavy atom. The van der Waals surface area contributed by atoms with Crippen molar-refractivity contribution in [2.24, 2.45) is 35.5 Å². The fourth-order valence-corrected chi connectivity index (χ4v) is 7.18. The van der Waals surface area contributed by atoms with E-state index in [0.717, 1.165) is 5.57 Å². The Kier molecular flexibility index (Phi) is 16.9. The summed E-state index contributed by atoms with van der Waals surface area (Å²) in [6.45, 7) is 16.6. The number of hydrogen-bond donors (Lipinski definition) is 5. The van der Waals surface area contributed by atoms with Crippen LogP contribution in [0.2, 0.25) is 0 Å². The summed E-state index contributed by atoms with van der Waals surface area (Å²) in [6, 6.07) is 0. The van der Waals surface area contributed by atoms with E-state index in [1.165, 1.54) is 20.3 Å². The molecule has 1 fully saturated rings. The lowest BCUT2D eigenvalue weighted by Gasteiger charge is -2.47.